The molecule has 0 rings (SSSR count). The predicted molar refractivity (Wildman–Crippen MR) is 22.8 cm³/mol. The summed E-state index contributed by atoms with van der Waals surface area (Å²) in [6.45, 7) is 0. The van der Waals surface area contributed by atoms with Gasteiger partial charge >= 0.3 is 5.97 Å². The van der Waals surface area contributed by atoms with E-state index >= 15 is 0 Å². The van der Waals surface area contributed by atoms with Crippen molar-refractivity contribution < 1.29 is 18.3 Å². The van der Waals surface area contributed by atoms with Gasteiger partial charge in [-0.25, -0.2) is 8.42 Å². The Balaban J connectivity index is 3.53. The zero-order chi connectivity index (χ0) is 5.86. The van der Waals surface area contributed by atoms with E-state index in [1.165, 1.54) is 0 Å². The summed E-state index contributed by atoms with van der Waals surface area (Å²) < 4.78 is 18.9. The van der Waals surface area contributed by atoms with Crippen molar-refractivity contribution in [3.05, 3.63) is 0 Å². The third-order valence-electron chi connectivity index (χ3n) is 0.264. The summed E-state index contributed by atoms with van der Waals surface area (Å²) in [7, 11) is -2.74. The van der Waals surface area contributed by atoms with Gasteiger partial charge in [-0.15, -0.1) is 0 Å². The second-order valence-electron chi connectivity index (χ2n) is 0.885. The van der Waals surface area contributed by atoms with E-state index in [0.717, 1.165) is 0 Å². The molecule has 0 fully saturated rings. The molecule has 7 heavy (non-hydrogen) atoms. The summed E-state index contributed by atoms with van der Waals surface area (Å²) in [4.78, 5) is 9.43. The van der Waals surface area contributed by atoms with Crippen LogP contribution < -0.4 is 0 Å². The molecular weight excluding hydrogens is 120 g/mol. The minimum Gasteiger partial charge on any atom is -0.480 e. The highest BCUT2D eigenvalue weighted by Gasteiger charge is 1.93. The third-order valence-corrected chi connectivity index (χ3v) is 0.793. The van der Waals surface area contributed by atoms with Crippen LogP contribution in [0.25, 0.3) is 0 Å². The molecule has 0 amide bonds. The molecule has 0 saturated carbocycles. The molecule has 0 aromatic heterocycles. The Morgan fingerprint density at radius 3 is 2.00 bits per heavy atom. The van der Waals surface area contributed by atoms with Crippen molar-refractivity contribution >= 4 is 16.7 Å². The Labute approximate surface area is 41.7 Å². The number of rotatable bonds is 2. The van der Waals surface area contributed by atoms with Crippen molar-refractivity contribution in [2.45, 2.75) is 0 Å². The fraction of sp³-hybridized carbons (Fsp3) is 0.500. The third kappa shape index (κ3) is 5.42. The van der Waals surface area contributed by atoms with Gasteiger partial charge in [0.05, 0.1) is 0 Å². The molecule has 5 heteroatoms. The molecule has 0 atom stereocenters. The van der Waals surface area contributed by atoms with Gasteiger partial charge in [0.25, 0.3) is 0 Å². The van der Waals surface area contributed by atoms with Crippen LogP contribution in [0, 0.1) is 0 Å². The van der Waals surface area contributed by atoms with Crippen LogP contribution in [0.4, 0.5) is 0 Å². The van der Waals surface area contributed by atoms with Crippen molar-refractivity contribution in [2.75, 3.05) is 5.75 Å². The van der Waals surface area contributed by atoms with E-state index in [-0.39, 0.29) is 0 Å². The summed E-state index contributed by atoms with van der Waals surface area (Å²) in [5, 5.41) is 7.70. The van der Waals surface area contributed by atoms with Crippen LogP contribution in [-0.2, 0) is 15.5 Å². The number of hydrogen-bond acceptors (Lipinski definition) is 3. The predicted octanol–water partition coefficient (Wildman–Crippen LogP) is -1.32. The van der Waals surface area contributed by atoms with E-state index < -0.39 is 22.4 Å². The van der Waals surface area contributed by atoms with Crippen LogP contribution in [0.3, 0.4) is 0 Å². The monoisotopic (exact) mass is 124 g/mol. The molecule has 0 aromatic carbocycles. The summed E-state index contributed by atoms with van der Waals surface area (Å²) in [5.74, 6) is -2.08. The lowest BCUT2D eigenvalue weighted by Gasteiger charge is -1.74. The Morgan fingerprint density at radius 2 is 2.00 bits per heavy atom. The minimum atomic E-state index is -2.74. The molecule has 0 bridgehead atoms. The molecule has 42 valence electrons. The van der Waals surface area contributed by atoms with Crippen LogP contribution >= 0.6 is 0 Å². The van der Waals surface area contributed by atoms with E-state index in [1.807, 2.05) is 0 Å². The van der Waals surface area contributed by atoms with E-state index in [2.05, 4.69) is 0 Å². The Bertz CT molecular complexity index is 127. The molecule has 0 radical (unpaired) electrons. The normalized spacial score (nSPS) is 9.29. The lowest BCUT2D eigenvalue weighted by atomic mass is 10.8. The molecule has 0 heterocycles. The highest BCUT2D eigenvalue weighted by molar-refractivity contribution is 7.73. The number of carboxylic acid groups (broad SMARTS) is 1. The molecule has 1 N–H and O–H groups in total. The van der Waals surface area contributed by atoms with Crippen molar-refractivity contribution in [1.29, 1.82) is 0 Å². The SMILES string of the molecule is O=C(O)C[SH](=O)=O. The van der Waals surface area contributed by atoms with Crippen LogP contribution in [0.5, 0.6) is 0 Å². The van der Waals surface area contributed by atoms with Gasteiger partial charge in [-0.3, -0.25) is 4.79 Å². The Hall–Kier alpha value is -0.580. The standard InChI is InChI=1S/C2H4O4S/c3-2(4)1-7(5)6/h7H,1H2,(H,3,4). The lowest BCUT2D eigenvalue weighted by Crippen LogP contribution is -2.02. The van der Waals surface area contributed by atoms with Gasteiger partial charge in [0.2, 0.25) is 0 Å². The Kier molecular flexibility index (Phi) is 2.36. The summed E-state index contributed by atoms with van der Waals surface area (Å²) in [5.41, 5.74) is 0. The number of hydrogen-bond donors (Lipinski definition) is 2. The zero-order valence-corrected chi connectivity index (χ0v) is 4.22. The number of carbonyl (C=O) groups is 1. The second-order valence-corrected chi connectivity index (χ2v) is 1.87. The highest BCUT2D eigenvalue weighted by Crippen LogP contribution is 1.62. The van der Waals surface area contributed by atoms with Crippen molar-refractivity contribution in [3.63, 3.8) is 0 Å². The fourth-order valence-corrected chi connectivity index (χ4v) is 0.331. The van der Waals surface area contributed by atoms with E-state index in [9.17, 15) is 13.2 Å². The smallest absolute Gasteiger partial charge is 0.318 e. The molecule has 0 aromatic rings. The first kappa shape index (κ1) is 6.42. The van der Waals surface area contributed by atoms with Gasteiger partial charge in [0.1, 0.15) is 5.75 Å². The first-order valence-electron chi connectivity index (χ1n) is 1.46. The summed E-state index contributed by atoms with van der Waals surface area (Å²) >= 11 is 0. The first-order valence-corrected chi connectivity index (χ1v) is 2.83. The summed E-state index contributed by atoms with van der Waals surface area (Å²) in [6, 6.07) is 0. The van der Waals surface area contributed by atoms with Crippen LogP contribution in [-0.4, -0.2) is 25.2 Å². The lowest BCUT2D eigenvalue weighted by molar-refractivity contribution is -0.133. The van der Waals surface area contributed by atoms with E-state index in [4.69, 9.17) is 5.11 Å². The number of thiol groups is 1. The van der Waals surface area contributed by atoms with Gasteiger partial charge < -0.3 is 5.11 Å². The van der Waals surface area contributed by atoms with Gasteiger partial charge in [0.15, 0.2) is 10.7 Å². The van der Waals surface area contributed by atoms with Gasteiger partial charge in [-0.05, 0) is 0 Å². The molecule has 0 aliphatic carbocycles. The van der Waals surface area contributed by atoms with Crippen molar-refractivity contribution in [3.8, 4) is 0 Å². The topological polar surface area (TPSA) is 71.4 Å². The highest BCUT2D eigenvalue weighted by atomic mass is 32.2. The number of aliphatic carboxylic acids is 1. The minimum absolute atomic E-state index is 0.769. The van der Waals surface area contributed by atoms with Crippen LogP contribution in [0.1, 0.15) is 0 Å². The largest absolute Gasteiger partial charge is 0.480 e. The van der Waals surface area contributed by atoms with Gasteiger partial charge in [0, 0.05) is 0 Å². The maximum Gasteiger partial charge on any atom is 0.318 e. The van der Waals surface area contributed by atoms with E-state index in [0.29, 0.717) is 0 Å². The molecule has 0 unspecified atom stereocenters. The zero-order valence-electron chi connectivity index (χ0n) is 3.33. The summed E-state index contributed by atoms with van der Waals surface area (Å²) in [6.07, 6.45) is 0. The maximum atomic E-state index is 9.47. The first-order chi connectivity index (χ1) is 3.13. The fourth-order valence-electron chi connectivity index (χ4n) is 0.110. The quantitative estimate of drug-likeness (QED) is 0.448. The molecular formula is C2H4O4S. The molecule has 0 spiro atoms. The second kappa shape index (κ2) is 2.57. The van der Waals surface area contributed by atoms with Gasteiger partial charge in [-0.2, -0.15) is 0 Å². The van der Waals surface area contributed by atoms with Gasteiger partial charge in [-0.1, -0.05) is 0 Å². The maximum absolute atomic E-state index is 9.47. The average molecular weight is 124 g/mol. The molecule has 0 aliphatic heterocycles. The molecule has 0 aliphatic rings. The van der Waals surface area contributed by atoms with Crippen LogP contribution in [0.2, 0.25) is 0 Å². The van der Waals surface area contributed by atoms with Crippen molar-refractivity contribution in [1.82, 2.24) is 0 Å². The van der Waals surface area contributed by atoms with E-state index in [1.54, 1.807) is 0 Å². The van der Waals surface area contributed by atoms with Crippen LogP contribution in [0.15, 0.2) is 0 Å². The Morgan fingerprint density at radius 1 is 1.57 bits per heavy atom. The number of carboxylic acids is 1. The average Bonchev–Trinajstić information content (AvgIpc) is 1.27. The van der Waals surface area contributed by atoms with Crippen molar-refractivity contribution in [2.24, 2.45) is 0 Å². The molecule has 4 nitrogen and oxygen atoms in total. The molecule has 0 saturated heterocycles.